The molecule has 0 radical (unpaired) electrons. The molecule has 0 aliphatic carbocycles. The minimum Gasteiger partial charge on any atom is -0.313 e. The lowest BCUT2D eigenvalue weighted by Gasteiger charge is -2.18. The van der Waals surface area contributed by atoms with E-state index < -0.39 is 10.0 Å². The molecular weight excluding hydrogens is 290 g/mol. The van der Waals surface area contributed by atoms with E-state index in [0.29, 0.717) is 13.1 Å². The predicted octanol–water partition coefficient (Wildman–Crippen LogP) is 0.400. The molecule has 8 heteroatoms. The molecule has 0 unspecified atom stereocenters. The molecule has 0 atom stereocenters. The van der Waals surface area contributed by atoms with E-state index >= 15 is 0 Å². The van der Waals surface area contributed by atoms with Crippen molar-refractivity contribution in [3.05, 3.63) is 11.3 Å². The van der Waals surface area contributed by atoms with Crippen molar-refractivity contribution < 1.29 is 8.42 Å². The third-order valence-electron chi connectivity index (χ3n) is 3.32. The van der Waals surface area contributed by atoms with Crippen LogP contribution in [0.5, 0.6) is 0 Å². The summed E-state index contributed by atoms with van der Waals surface area (Å²) in [6, 6.07) is 0. The molecule has 7 nitrogen and oxygen atoms in total. The Balaban J connectivity index is 2.86. The average molecular weight is 317 g/mol. The van der Waals surface area contributed by atoms with Gasteiger partial charge in [0, 0.05) is 31.4 Å². The van der Waals surface area contributed by atoms with E-state index in [1.807, 2.05) is 32.8 Å². The first kappa shape index (κ1) is 18.1. The fraction of sp³-hybridized carbons (Fsp3) is 0.769. The van der Waals surface area contributed by atoms with Crippen molar-refractivity contribution in [2.24, 2.45) is 0 Å². The SMILES string of the molecule is CCNCc1c(S(=O)(=O)N(C)CCCN(C)C)n[nH]c1C. The summed E-state index contributed by atoms with van der Waals surface area (Å²) >= 11 is 0. The van der Waals surface area contributed by atoms with E-state index in [4.69, 9.17) is 0 Å². The minimum absolute atomic E-state index is 0.133. The zero-order valence-electron chi connectivity index (χ0n) is 13.6. The van der Waals surface area contributed by atoms with Gasteiger partial charge in [-0.2, -0.15) is 9.40 Å². The smallest absolute Gasteiger partial charge is 0.262 e. The van der Waals surface area contributed by atoms with Gasteiger partial charge in [0.05, 0.1) is 0 Å². The van der Waals surface area contributed by atoms with Crippen molar-refractivity contribution in [3.8, 4) is 0 Å². The molecule has 1 aromatic heterocycles. The second-order valence-electron chi connectivity index (χ2n) is 5.40. The number of sulfonamides is 1. The molecule has 2 N–H and O–H groups in total. The van der Waals surface area contributed by atoms with Gasteiger partial charge in [0.2, 0.25) is 0 Å². The zero-order chi connectivity index (χ0) is 16.0. The summed E-state index contributed by atoms with van der Waals surface area (Å²) in [5, 5.41) is 10.1. The molecule has 0 fully saturated rings. The number of nitrogens with zero attached hydrogens (tertiary/aromatic N) is 3. The molecule has 0 amide bonds. The van der Waals surface area contributed by atoms with Gasteiger partial charge < -0.3 is 10.2 Å². The second kappa shape index (κ2) is 7.88. The van der Waals surface area contributed by atoms with E-state index in [1.54, 1.807) is 7.05 Å². The van der Waals surface area contributed by atoms with Crippen molar-refractivity contribution >= 4 is 10.0 Å². The first-order valence-electron chi connectivity index (χ1n) is 7.16. The van der Waals surface area contributed by atoms with Crippen LogP contribution in [0.3, 0.4) is 0 Å². The molecule has 0 aliphatic rings. The number of hydrogen-bond donors (Lipinski definition) is 2. The van der Waals surface area contributed by atoms with Gasteiger partial charge in [0.1, 0.15) is 0 Å². The fourth-order valence-corrected chi connectivity index (χ4v) is 3.34. The van der Waals surface area contributed by atoms with Crippen LogP contribution < -0.4 is 5.32 Å². The molecule has 0 saturated heterocycles. The number of nitrogens with one attached hydrogen (secondary N) is 2. The van der Waals surface area contributed by atoms with Crippen LogP contribution in [0.4, 0.5) is 0 Å². The van der Waals surface area contributed by atoms with Crippen molar-refractivity contribution in [2.45, 2.75) is 31.8 Å². The van der Waals surface area contributed by atoms with E-state index in [2.05, 4.69) is 15.5 Å². The quantitative estimate of drug-likeness (QED) is 0.689. The average Bonchev–Trinajstić information content (AvgIpc) is 2.77. The van der Waals surface area contributed by atoms with Crippen LogP contribution in [0.25, 0.3) is 0 Å². The van der Waals surface area contributed by atoms with Crippen LogP contribution >= 0.6 is 0 Å². The second-order valence-corrected chi connectivity index (χ2v) is 7.36. The van der Waals surface area contributed by atoms with Gasteiger partial charge in [-0.25, -0.2) is 8.42 Å². The van der Waals surface area contributed by atoms with Crippen LogP contribution in [-0.2, 0) is 16.6 Å². The maximum atomic E-state index is 12.6. The Morgan fingerprint density at radius 1 is 1.24 bits per heavy atom. The van der Waals surface area contributed by atoms with Crippen LogP contribution in [0.15, 0.2) is 5.03 Å². The summed E-state index contributed by atoms with van der Waals surface area (Å²) in [5.74, 6) is 0. The number of aryl methyl sites for hydroxylation is 1. The molecule has 1 heterocycles. The lowest BCUT2D eigenvalue weighted by atomic mass is 10.2. The van der Waals surface area contributed by atoms with E-state index in [-0.39, 0.29) is 5.03 Å². The maximum absolute atomic E-state index is 12.6. The molecule has 21 heavy (non-hydrogen) atoms. The van der Waals surface area contributed by atoms with Gasteiger partial charge in [-0.15, -0.1) is 0 Å². The Bertz CT molecular complexity index is 539. The summed E-state index contributed by atoms with van der Waals surface area (Å²) in [7, 11) is 2.00. The number of aromatic nitrogens is 2. The van der Waals surface area contributed by atoms with Crippen molar-refractivity contribution in [1.29, 1.82) is 0 Å². The molecule has 0 aromatic carbocycles. The van der Waals surface area contributed by atoms with Gasteiger partial charge in [0.25, 0.3) is 10.0 Å². The topological polar surface area (TPSA) is 81.3 Å². The zero-order valence-corrected chi connectivity index (χ0v) is 14.4. The largest absolute Gasteiger partial charge is 0.313 e. The van der Waals surface area contributed by atoms with Gasteiger partial charge in [-0.1, -0.05) is 6.92 Å². The molecule has 0 spiro atoms. The van der Waals surface area contributed by atoms with E-state index in [9.17, 15) is 8.42 Å². The monoisotopic (exact) mass is 317 g/mol. The fourth-order valence-electron chi connectivity index (χ4n) is 1.98. The third kappa shape index (κ3) is 4.77. The van der Waals surface area contributed by atoms with Gasteiger partial charge in [-0.05, 0) is 40.5 Å². The van der Waals surface area contributed by atoms with Crippen LogP contribution in [0, 0.1) is 6.92 Å². The van der Waals surface area contributed by atoms with Crippen molar-refractivity contribution in [2.75, 3.05) is 40.8 Å². The summed E-state index contributed by atoms with van der Waals surface area (Å²) in [6.45, 7) is 6.43. The molecule has 0 saturated carbocycles. The normalized spacial score (nSPS) is 12.5. The predicted molar refractivity (Wildman–Crippen MR) is 83.7 cm³/mol. The number of rotatable bonds is 9. The van der Waals surface area contributed by atoms with E-state index in [1.165, 1.54) is 4.31 Å². The highest BCUT2D eigenvalue weighted by atomic mass is 32.2. The third-order valence-corrected chi connectivity index (χ3v) is 5.15. The molecule has 1 rings (SSSR count). The number of hydrogen-bond acceptors (Lipinski definition) is 5. The Labute approximate surface area is 127 Å². The Hall–Kier alpha value is -0.960. The Morgan fingerprint density at radius 3 is 2.48 bits per heavy atom. The maximum Gasteiger partial charge on any atom is 0.262 e. The highest BCUT2D eigenvalue weighted by Crippen LogP contribution is 2.19. The van der Waals surface area contributed by atoms with Gasteiger partial charge >= 0.3 is 0 Å². The van der Waals surface area contributed by atoms with Crippen molar-refractivity contribution in [1.82, 2.24) is 24.7 Å². The van der Waals surface area contributed by atoms with E-state index in [0.717, 1.165) is 30.8 Å². The summed E-state index contributed by atoms with van der Waals surface area (Å²) in [4.78, 5) is 2.04. The summed E-state index contributed by atoms with van der Waals surface area (Å²) in [5.41, 5.74) is 1.51. The lowest BCUT2D eigenvalue weighted by Crippen LogP contribution is -2.31. The van der Waals surface area contributed by atoms with Gasteiger partial charge in [-0.3, -0.25) is 5.10 Å². The number of H-pyrrole nitrogens is 1. The molecular formula is C13H27N5O2S. The summed E-state index contributed by atoms with van der Waals surface area (Å²) < 4.78 is 26.6. The first-order chi connectivity index (χ1) is 9.80. The molecule has 0 bridgehead atoms. The first-order valence-corrected chi connectivity index (χ1v) is 8.60. The minimum atomic E-state index is -3.54. The molecule has 122 valence electrons. The molecule has 1 aromatic rings. The highest BCUT2D eigenvalue weighted by molar-refractivity contribution is 7.89. The number of aromatic amines is 1. The summed E-state index contributed by atoms with van der Waals surface area (Å²) in [6.07, 6.45) is 0.786. The van der Waals surface area contributed by atoms with Crippen LogP contribution in [-0.4, -0.2) is 68.6 Å². The van der Waals surface area contributed by atoms with Gasteiger partial charge in [0.15, 0.2) is 5.03 Å². The lowest BCUT2D eigenvalue weighted by molar-refractivity contribution is 0.369. The highest BCUT2D eigenvalue weighted by Gasteiger charge is 2.27. The molecule has 0 aliphatic heterocycles. The van der Waals surface area contributed by atoms with Crippen LogP contribution in [0.2, 0.25) is 0 Å². The Kier molecular flexibility index (Phi) is 6.79. The van der Waals surface area contributed by atoms with Crippen LogP contribution in [0.1, 0.15) is 24.6 Å². The Morgan fingerprint density at radius 2 is 1.90 bits per heavy atom. The standard InChI is InChI=1S/C13H27N5O2S/c1-6-14-10-12-11(2)15-16-13(12)21(19,20)18(5)9-7-8-17(3)4/h14H,6-10H2,1-5H3,(H,15,16). The van der Waals surface area contributed by atoms with Crippen molar-refractivity contribution in [3.63, 3.8) is 0 Å².